The molecule has 7 nitrogen and oxygen atoms in total. The molecule has 0 aromatic rings. The maximum atomic E-state index is 12.4. The molecule has 0 aliphatic rings. The molecule has 0 rings (SSSR count). The van der Waals surface area contributed by atoms with E-state index < -0.39 is 0 Å². The average molecular weight is 355 g/mol. The van der Waals surface area contributed by atoms with Crippen molar-refractivity contribution in [1.82, 2.24) is 15.5 Å². The molecule has 0 bridgehead atoms. The Hall–Kier alpha value is -1.92. The smallest absolute Gasteiger partial charge is 0.222 e. The van der Waals surface area contributed by atoms with Gasteiger partial charge in [0.05, 0.1) is 0 Å². The van der Waals surface area contributed by atoms with Crippen molar-refractivity contribution in [3.63, 3.8) is 0 Å². The molecular formula is C18H33N3O4. The molecule has 0 saturated carbocycles. The summed E-state index contributed by atoms with van der Waals surface area (Å²) in [4.78, 5) is 48.6. The number of Topliss-reactive ketones (excluding diaryl/α,β-unsaturated/α-hetero) is 1. The van der Waals surface area contributed by atoms with Crippen molar-refractivity contribution in [2.24, 2.45) is 5.41 Å². The van der Waals surface area contributed by atoms with Crippen LogP contribution in [0.1, 0.15) is 59.3 Å². The van der Waals surface area contributed by atoms with Gasteiger partial charge in [0.25, 0.3) is 0 Å². The van der Waals surface area contributed by atoms with E-state index in [9.17, 15) is 19.2 Å². The maximum absolute atomic E-state index is 12.4. The minimum Gasteiger partial charge on any atom is -0.359 e. The molecule has 0 spiro atoms. The van der Waals surface area contributed by atoms with Crippen LogP contribution in [0.15, 0.2) is 0 Å². The number of amides is 3. The van der Waals surface area contributed by atoms with Crippen molar-refractivity contribution in [2.75, 3.05) is 27.2 Å². The molecule has 0 aromatic heterocycles. The lowest BCUT2D eigenvalue weighted by atomic mass is 9.88. The van der Waals surface area contributed by atoms with Gasteiger partial charge in [-0.1, -0.05) is 20.8 Å². The van der Waals surface area contributed by atoms with E-state index in [0.29, 0.717) is 25.7 Å². The fraction of sp³-hybridized carbons (Fsp3) is 0.778. The van der Waals surface area contributed by atoms with Crippen LogP contribution in [-0.4, -0.2) is 55.6 Å². The zero-order chi connectivity index (χ0) is 19.5. The molecule has 0 aromatic carbocycles. The Kier molecular flexibility index (Phi) is 10.7. The second-order valence-electron chi connectivity index (χ2n) is 7.11. The summed E-state index contributed by atoms with van der Waals surface area (Å²) < 4.78 is 0. The summed E-state index contributed by atoms with van der Waals surface area (Å²) in [7, 11) is 3.09. The first kappa shape index (κ1) is 23.1. The first-order valence-electron chi connectivity index (χ1n) is 8.84. The van der Waals surface area contributed by atoms with Crippen LogP contribution in [0, 0.1) is 5.41 Å². The number of nitrogens with one attached hydrogen (secondary N) is 2. The zero-order valence-corrected chi connectivity index (χ0v) is 16.2. The number of carbonyl (C=O) groups excluding carboxylic acids is 4. The molecule has 7 heteroatoms. The topological polar surface area (TPSA) is 95.6 Å². The zero-order valence-electron chi connectivity index (χ0n) is 16.2. The van der Waals surface area contributed by atoms with E-state index in [1.54, 1.807) is 19.0 Å². The molecular weight excluding hydrogens is 322 g/mol. The number of hydrogen-bond acceptors (Lipinski definition) is 4. The molecule has 2 N–H and O–H groups in total. The monoisotopic (exact) mass is 355 g/mol. The summed E-state index contributed by atoms with van der Waals surface area (Å²) in [5.74, 6) is -0.186. The van der Waals surface area contributed by atoms with Gasteiger partial charge in [0, 0.05) is 58.3 Å². The average Bonchev–Trinajstić information content (AvgIpc) is 2.56. The van der Waals surface area contributed by atoms with Gasteiger partial charge in [-0.05, 0) is 12.8 Å². The third kappa shape index (κ3) is 10.5. The van der Waals surface area contributed by atoms with Crippen molar-refractivity contribution in [1.29, 1.82) is 0 Å². The van der Waals surface area contributed by atoms with Crippen LogP contribution in [0.25, 0.3) is 0 Å². The molecule has 0 unspecified atom stereocenters. The van der Waals surface area contributed by atoms with Gasteiger partial charge in [-0.3, -0.25) is 19.2 Å². The number of rotatable bonds is 11. The Balaban J connectivity index is 4.41. The molecule has 0 aliphatic carbocycles. The summed E-state index contributed by atoms with van der Waals surface area (Å²) in [6, 6.07) is 0. The van der Waals surface area contributed by atoms with Crippen molar-refractivity contribution in [3.05, 3.63) is 0 Å². The van der Waals surface area contributed by atoms with E-state index in [-0.39, 0.29) is 54.9 Å². The molecule has 144 valence electrons. The lowest BCUT2D eigenvalue weighted by molar-refractivity contribution is -0.133. The van der Waals surface area contributed by atoms with Gasteiger partial charge in [0.1, 0.15) is 5.78 Å². The second-order valence-corrected chi connectivity index (χ2v) is 7.11. The third-order valence-electron chi connectivity index (χ3n) is 4.01. The van der Waals surface area contributed by atoms with Gasteiger partial charge < -0.3 is 15.5 Å². The Bertz CT molecular complexity index is 449. The van der Waals surface area contributed by atoms with E-state index in [2.05, 4.69) is 10.6 Å². The number of nitrogens with zero attached hydrogens (tertiary/aromatic N) is 1. The van der Waals surface area contributed by atoms with Crippen LogP contribution in [0.5, 0.6) is 0 Å². The molecule has 0 radical (unpaired) electrons. The molecule has 0 aliphatic heterocycles. The second kappa shape index (κ2) is 11.6. The highest BCUT2D eigenvalue weighted by atomic mass is 16.2. The SMILES string of the molecule is CNC(=O)CCN(CCC(=O)NC)C(=O)CCCCC(=O)C(C)(C)C. The van der Waals surface area contributed by atoms with Gasteiger partial charge in [-0.25, -0.2) is 0 Å². The fourth-order valence-electron chi connectivity index (χ4n) is 2.18. The number of hydrogen-bond donors (Lipinski definition) is 2. The molecule has 25 heavy (non-hydrogen) atoms. The van der Waals surface area contributed by atoms with Crippen LogP contribution in [-0.2, 0) is 19.2 Å². The van der Waals surface area contributed by atoms with Crippen molar-refractivity contribution in [2.45, 2.75) is 59.3 Å². The molecule has 3 amide bonds. The summed E-state index contributed by atoms with van der Waals surface area (Å²) in [5, 5.41) is 5.04. The van der Waals surface area contributed by atoms with Gasteiger partial charge in [0.2, 0.25) is 17.7 Å². The van der Waals surface area contributed by atoms with E-state index in [0.717, 1.165) is 0 Å². The van der Waals surface area contributed by atoms with E-state index >= 15 is 0 Å². The highest BCUT2D eigenvalue weighted by Crippen LogP contribution is 2.18. The van der Waals surface area contributed by atoms with Gasteiger partial charge >= 0.3 is 0 Å². The van der Waals surface area contributed by atoms with Crippen molar-refractivity contribution in [3.8, 4) is 0 Å². The van der Waals surface area contributed by atoms with Crippen LogP contribution >= 0.6 is 0 Å². The molecule has 0 heterocycles. The number of unbranched alkanes of at least 4 members (excludes halogenated alkanes) is 1. The molecule has 0 fully saturated rings. The summed E-state index contributed by atoms with van der Waals surface area (Å²) in [6.07, 6.45) is 2.49. The normalized spacial score (nSPS) is 10.9. The van der Waals surface area contributed by atoms with Gasteiger partial charge in [-0.2, -0.15) is 0 Å². The Morgan fingerprint density at radius 2 is 1.20 bits per heavy atom. The minimum atomic E-state index is -0.350. The van der Waals surface area contributed by atoms with E-state index in [1.165, 1.54) is 0 Å². The first-order valence-corrected chi connectivity index (χ1v) is 8.84. The van der Waals surface area contributed by atoms with Gasteiger partial charge in [-0.15, -0.1) is 0 Å². The molecule has 0 saturated heterocycles. The highest BCUT2D eigenvalue weighted by Gasteiger charge is 2.21. The predicted octanol–water partition coefficient (Wildman–Crippen LogP) is 1.26. The lowest BCUT2D eigenvalue weighted by Gasteiger charge is -2.22. The van der Waals surface area contributed by atoms with E-state index in [1.807, 2.05) is 20.8 Å². The number of ketones is 1. The first-order chi connectivity index (χ1) is 11.6. The third-order valence-corrected chi connectivity index (χ3v) is 4.01. The molecule has 0 atom stereocenters. The minimum absolute atomic E-state index is 0.0870. The summed E-state index contributed by atoms with van der Waals surface area (Å²) >= 11 is 0. The fourth-order valence-corrected chi connectivity index (χ4v) is 2.18. The van der Waals surface area contributed by atoms with Crippen LogP contribution in [0.2, 0.25) is 0 Å². The summed E-state index contributed by atoms with van der Waals surface area (Å²) in [5.41, 5.74) is -0.350. The Labute approximate surface area is 150 Å². The summed E-state index contributed by atoms with van der Waals surface area (Å²) in [6.45, 7) is 6.24. The highest BCUT2D eigenvalue weighted by molar-refractivity contribution is 5.83. The van der Waals surface area contributed by atoms with Crippen LogP contribution in [0.3, 0.4) is 0 Å². The quantitative estimate of drug-likeness (QED) is 0.546. The van der Waals surface area contributed by atoms with Crippen LogP contribution < -0.4 is 10.6 Å². The lowest BCUT2D eigenvalue weighted by Crippen LogP contribution is -2.37. The Morgan fingerprint density at radius 3 is 1.60 bits per heavy atom. The van der Waals surface area contributed by atoms with Crippen molar-refractivity contribution < 1.29 is 19.2 Å². The van der Waals surface area contributed by atoms with Crippen molar-refractivity contribution >= 4 is 23.5 Å². The standard InChI is InChI=1S/C18H33N3O4/c1-18(2,3)14(22)8-6-7-9-17(25)21(12-10-15(23)19-4)13-11-16(24)20-5/h6-13H2,1-5H3,(H,19,23)(H,20,24). The predicted molar refractivity (Wildman–Crippen MR) is 96.9 cm³/mol. The largest absolute Gasteiger partial charge is 0.359 e. The van der Waals surface area contributed by atoms with E-state index in [4.69, 9.17) is 0 Å². The van der Waals surface area contributed by atoms with Gasteiger partial charge in [0.15, 0.2) is 0 Å². The van der Waals surface area contributed by atoms with Crippen LogP contribution in [0.4, 0.5) is 0 Å². The maximum Gasteiger partial charge on any atom is 0.222 e. The number of carbonyl (C=O) groups is 4. The Morgan fingerprint density at radius 1 is 0.760 bits per heavy atom.